The van der Waals surface area contributed by atoms with Crippen LogP contribution in [0.25, 0.3) is 0 Å². The number of methoxy groups -OCH3 is 1. The Morgan fingerprint density at radius 3 is 2.50 bits per heavy atom. The second kappa shape index (κ2) is 10.5. The monoisotopic (exact) mass is 224 g/mol. The summed E-state index contributed by atoms with van der Waals surface area (Å²) in [7, 11) is 1.40. The van der Waals surface area contributed by atoms with Crippen LogP contribution in [-0.2, 0) is 9.53 Å². The van der Waals surface area contributed by atoms with Crippen molar-refractivity contribution in [1.29, 1.82) is 0 Å². The maximum absolute atomic E-state index is 11.0. The number of hydrogen-bond donors (Lipinski definition) is 0. The first-order valence-electron chi connectivity index (χ1n) is 6.14. The van der Waals surface area contributed by atoms with E-state index in [0.29, 0.717) is 5.57 Å². The Kier molecular flexibility index (Phi) is 9.78. The topological polar surface area (TPSA) is 26.3 Å². The molecule has 0 atom stereocenters. The molecule has 16 heavy (non-hydrogen) atoms. The Bertz CT molecular complexity index is 239. The van der Waals surface area contributed by atoms with Crippen molar-refractivity contribution in [3.8, 4) is 0 Å². The van der Waals surface area contributed by atoms with Crippen LogP contribution in [0.15, 0.2) is 23.8 Å². The third kappa shape index (κ3) is 8.27. The van der Waals surface area contributed by atoms with Gasteiger partial charge in [0.25, 0.3) is 0 Å². The zero-order chi connectivity index (χ0) is 12.2. The smallest absolute Gasteiger partial charge is 0.333 e. The molecular weight excluding hydrogens is 200 g/mol. The van der Waals surface area contributed by atoms with Gasteiger partial charge in [-0.3, -0.25) is 0 Å². The summed E-state index contributed by atoms with van der Waals surface area (Å²) in [5, 5.41) is 0. The lowest BCUT2D eigenvalue weighted by atomic mass is 10.1. The molecule has 0 saturated heterocycles. The van der Waals surface area contributed by atoms with Gasteiger partial charge in [-0.2, -0.15) is 0 Å². The molecule has 0 spiro atoms. The van der Waals surface area contributed by atoms with Crippen molar-refractivity contribution < 1.29 is 9.53 Å². The molecule has 0 saturated carbocycles. The second-order valence-electron chi connectivity index (χ2n) is 3.97. The van der Waals surface area contributed by atoms with Gasteiger partial charge < -0.3 is 4.74 Å². The highest BCUT2D eigenvalue weighted by molar-refractivity contribution is 5.87. The molecule has 2 nitrogen and oxygen atoms in total. The Labute approximate surface area is 99.4 Å². The van der Waals surface area contributed by atoms with E-state index in [2.05, 4.69) is 17.7 Å². The minimum atomic E-state index is -0.257. The molecule has 0 heterocycles. The highest BCUT2D eigenvalue weighted by Crippen LogP contribution is 2.05. The number of hydrogen-bond acceptors (Lipinski definition) is 2. The van der Waals surface area contributed by atoms with Gasteiger partial charge in [-0.15, -0.1) is 0 Å². The minimum absolute atomic E-state index is 0.257. The molecule has 0 aromatic carbocycles. The van der Waals surface area contributed by atoms with Crippen LogP contribution >= 0.6 is 0 Å². The van der Waals surface area contributed by atoms with Crippen LogP contribution in [0.1, 0.15) is 52.4 Å². The predicted octanol–water partition coefficient (Wildman–Crippen LogP) is 4.02. The lowest BCUT2D eigenvalue weighted by Crippen LogP contribution is -2.00. The molecule has 0 aromatic rings. The zero-order valence-corrected chi connectivity index (χ0v) is 10.8. The number of allylic oxidation sites excluding steroid dienone is 3. The van der Waals surface area contributed by atoms with E-state index < -0.39 is 0 Å². The van der Waals surface area contributed by atoms with Gasteiger partial charge in [0.05, 0.1) is 7.11 Å². The summed E-state index contributed by atoms with van der Waals surface area (Å²) in [6, 6.07) is 0. The van der Waals surface area contributed by atoms with Crippen molar-refractivity contribution in [1.82, 2.24) is 0 Å². The number of rotatable bonds is 8. The molecule has 0 bridgehead atoms. The van der Waals surface area contributed by atoms with Crippen LogP contribution in [0.2, 0.25) is 0 Å². The first-order valence-corrected chi connectivity index (χ1v) is 6.14. The Morgan fingerprint density at radius 2 is 1.88 bits per heavy atom. The molecule has 0 N–H and O–H groups in total. The van der Waals surface area contributed by atoms with Gasteiger partial charge in [0.2, 0.25) is 0 Å². The fraction of sp³-hybridized carbons (Fsp3) is 0.643. The van der Waals surface area contributed by atoms with E-state index in [1.54, 1.807) is 13.0 Å². The summed E-state index contributed by atoms with van der Waals surface area (Å²) in [5.74, 6) is -0.257. The van der Waals surface area contributed by atoms with Gasteiger partial charge in [-0.25, -0.2) is 4.79 Å². The van der Waals surface area contributed by atoms with Crippen LogP contribution in [0.3, 0.4) is 0 Å². The van der Waals surface area contributed by atoms with Crippen molar-refractivity contribution >= 4 is 5.97 Å². The van der Waals surface area contributed by atoms with Gasteiger partial charge in [-0.1, -0.05) is 50.8 Å². The van der Waals surface area contributed by atoms with E-state index >= 15 is 0 Å². The molecule has 0 rings (SSSR count). The van der Waals surface area contributed by atoms with E-state index in [-0.39, 0.29) is 5.97 Å². The molecule has 0 aromatic heterocycles. The van der Waals surface area contributed by atoms with E-state index in [1.807, 2.05) is 6.08 Å². The number of ether oxygens (including phenoxy) is 1. The molecule has 92 valence electrons. The Balaban J connectivity index is 3.57. The summed E-state index contributed by atoms with van der Waals surface area (Å²) in [6.07, 6.45) is 13.4. The Hall–Kier alpha value is -1.05. The molecule has 2 heteroatoms. The van der Waals surface area contributed by atoms with Crippen molar-refractivity contribution in [3.63, 3.8) is 0 Å². The van der Waals surface area contributed by atoms with Crippen LogP contribution < -0.4 is 0 Å². The largest absolute Gasteiger partial charge is 0.466 e. The summed E-state index contributed by atoms with van der Waals surface area (Å²) >= 11 is 0. The predicted molar refractivity (Wildman–Crippen MR) is 68.3 cm³/mol. The van der Waals surface area contributed by atoms with Gasteiger partial charge in [-0.05, 0) is 19.8 Å². The van der Waals surface area contributed by atoms with E-state index in [1.165, 1.54) is 39.2 Å². The number of esters is 1. The molecule has 0 unspecified atom stereocenters. The SMILES string of the molecule is CCCCCCC/C=C/C=C(\C)C(=O)OC. The molecule has 0 amide bonds. The van der Waals surface area contributed by atoms with Crippen molar-refractivity contribution in [2.24, 2.45) is 0 Å². The van der Waals surface area contributed by atoms with Crippen molar-refractivity contribution in [2.75, 3.05) is 7.11 Å². The van der Waals surface area contributed by atoms with Gasteiger partial charge in [0.1, 0.15) is 0 Å². The number of unbranched alkanes of at least 4 members (excludes halogenated alkanes) is 5. The summed E-state index contributed by atoms with van der Waals surface area (Å²) in [4.78, 5) is 11.0. The maximum Gasteiger partial charge on any atom is 0.333 e. The fourth-order valence-corrected chi connectivity index (χ4v) is 1.40. The molecule has 0 fully saturated rings. The third-order valence-electron chi connectivity index (χ3n) is 2.46. The average molecular weight is 224 g/mol. The molecular formula is C14H24O2. The standard InChI is InChI=1S/C14H24O2/c1-4-5-6-7-8-9-10-11-12-13(2)14(15)16-3/h10-12H,4-9H2,1-3H3/b11-10+,13-12+. The van der Waals surface area contributed by atoms with E-state index in [0.717, 1.165) is 6.42 Å². The van der Waals surface area contributed by atoms with Crippen LogP contribution in [0, 0.1) is 0 Å². The van der Waals surface area contributed by atoms with Crippen molar-refractivity contribution in [2.45, 2.75) is 52.4 Å². The van der Waals surface area contributed by atoms with Gasteiger partial charge >= 0.3 is 5.97 Å². The molecule has 0 aliphatic rings. The first-order chi connectivity index (χ1) is 7.72. The van der Waals surface area contributed by atoms with Gasteiger partial charge in [0.15, 0.2) is 0 Å². The zero-order valence-electron chi connectivity index (χ0n) is 10.8. The quantitative estimate of drug-likeness (QED) is 0.269. The highest BCUT2D eigenvalue weighted by Gasteiger charge is 1.99. The van der Waals surface area contributed by atoms with Crippen LogP contribution in [-0.4, -0.2) is 13.1 Å². The van der Waals surface area contributed by atoms with Crippen molar-refractivity contribution in [3.05, 3.63) is 23.8 Å². The third-order valence-corrected chi connectivity index (χ3v) is 2.46. The molecule has 0 radical (unpaired) electrons. The lowest BCUT2D eigenvalue weighted by Gasteiger charge is -1.96. The average Bonchev–Trinajstić information content (AvgIpc) is 2.31. The summed E-state index contributed by atoms with van der Waals surface area (Å²) in [5.41, 5.74) is 0.643. The fourth-order valence-electron chi connectivity index (χ4n) is 1.40. The Morgan fingerprint density at radius 1 is 1.19 bits per heavy atom. The van der Waals surface area contributed by atoms with Gasteiger partial charge in [0, 0.05) is 5.57 Å². The second-order valence-corrected chi connectivity index (χ2v) is 3.97. The molecule has 0 aliphatic carbocycles. The van der Waals surface area contributed by atoms with Crippen LogP contribution in [0.4, 0.5) is 0 Å². The number of carbonyl (C=O) groups is 1. The first kappa shape index (κ1) is 14.9. The molecule has 0 aliphatic heterocycles. The van der Waals surface area contributed by atoms with E-state index in [9.17, 15) is 4.79 Å². The maximum atomic E-state index is 11.0. The minimum Gasteiger partial charge on any atom is -0.466 e. The number of carbonyl (C=O) groups excluding carboxylic acids is 1. The highest BCUT2D eigenvalue weighted by atomic mass is 16.5. The summed E-state index contributed by atoms with van der Waals surface area (Å²) < 4.78 is 4.59. The lowest BCUT2D eigenvalue weighted by molar-refractivity contribution is -0.136. The van der Waals surface area contributed by atoms with Crippen LogP contribution in [0.5, 0.6) is 0 Å². The van der Waals surface area contributed by atoms with E-state index in [4.69, 9.17) is 0 Å². The summed E-state index contributed by atoms with van der Waals surface area (Å²) in [6.45, 7) is 3.98. The normalized spacial score (nSPS) is 12.1.